The summed E-state index contributed by atoms with van der Waals surface area (Å²) in [5.74, 6) is -0.222. The molecule has 0 bridgehead atoms. The Labute approximate surface area is 259 Å². The van der Waals surface area contributed by atoms with Gasteiger partial charge in [0.25, 0.3) is 5.91 Å². The lowest BCUT2D eigenvalue weighted by atomic mass is 9.97. The van der Waals surface area contributed by atoms with Gasteiger partial charge in [0.05, 0.1) is 23.1 Å². The molecule has 8 nitrogen and oxygen atoms in total. The minimum atomic E-state index is -0.299. The van der Waals surface area contributed by atoms with Gasteiger partial charge in [0.2, 0.25) is 0 Å². The van der Waals surface area contributed by atoms with E-state index in [2.05, 4.69) is 9.89 Å². The van der Waals surface area contributed by atoms with Gasteiger partial charge in [-0.1, -0.05) is 42.5 Å². The lowest BCUT2D eigenvalue weighted by molar-refractivity contribution is -0.149. The number of carbonyl (C=O) groups excluding carboxylic acids is 2. The van der Waals surface area contributed by atoms with Gasteiger partial charge in [-0.25, -0.2) is 9.07 Å². The lowest BCUT2D eigenvalue weighted by Gasteiger charge is -2.31. The van der Waals surface area contributed by atoms with Crippen LogP contribution in [-0.4, -0.2) is 51.4 Å². The van der Waals surface area contributed by atoms with Crippen molar-refractivity contribution in [2.75, 3.05) is 19.7 Å². The Morgan fingerprint density at radius 2 is 1.82 bits per heavy atom. The number of amidine groups is 1. The number of hydrogen-bond donors (Lipinski definition) is 0. The van der Waals surface area contributed by atoms with Crippen LogP contribution in [0.5, 0.6) is 5.75 Å². The molecule has 3 aromatic carbocycles. The largest absolute Gasteiger partial charge is 0.489 e. The molecule has 2 aliphatic rings. The van der Waals surface area contributed by atoms with E-state index >= 15 is 0 Å². The Kier molecular flexibility index (Phi) is 8.88. The van der Waals surface area contributed by atoms with Gasteiger partial charge in [0, 0.05) is 30.4 Å². The standard InChI is InChI=1S/C34H31FN4O4S/c1-2-42-33(41)24-15-17-38(18-16-24)34-36-32(40)30(44-34)20-26-21-39(28-8-4-3-5-9-28)37-31(26)25-7-6-10-29(19-25)43-22-23-11-13-27(35)14-12-23/h3-14,19-21,24H,2,15-18,22H2,1H3. The van der Waals surface area contributed by atoms with Crippen molar-refractivity contribution in [2.45, 2.75) is 26.4 Å². The number of aromatic nitrogens is 2. The van der Waals surface area contributed by atoms with Crippen LogP contribution in [0.3, 0.4) is 0 Å². The van der Waals surface area contributed by atoms with Gasteiger partial charge in [-0.2, -0.15) is 10.1 Å². The number of thioether (sulfide) groups is 1. The van der Waals surface area contributed by atoms with Crippen LogP contribution in [0.2, 0.25) is 0 Å². The molecule has 0 spiro atoms. The number of amides is 1. The number of aliphatic imine (C=N–C) groups is 1. The first kappa shape index (κ1) is 29.4. The average molecular weight is 611 g/mol. The predicted molar refractivity (Wildman–Crippen MR) is 169 cm³/mol. The van der Waals surface area contributed by atoms with Gasteiger partial charge in [-0.3, -0.25) is 9.59 Å². The third kappa shape index (κ3) is 6.75. The Balaban J connectivity index is 1.24. The van der Waals surface area contributed by atoms with Crippen LogP contribution in [0.4, 0.5) is 4.39 Å². The Hall–Kier alpha value is -4.70. The molecule has 0 radical (unpaired) electrons. The number of esters is 1. The molecule has 1 fully saturated rings. The Morgan fingerprint density at radius 3 is 2.57 bits per heavy atom. The molecular weight excluding hydrogens is 579 g/mol. The van der Waals surface area contributed by atoms with Crippen LogP contribution in [0, 0.1) is 11.7 Å². The van der Waals surface area contributed by atoms with E-state index in [1.54, 1.807) is 16.8 Å². The van der Waals surface area contributed by atoms with E-state index in [1.165, 1.54) is 23.9 Å². The molecule has 6 rings (SSSR count). The first-order valence-corrected chi connectivity index (χ1v) is 15.4. The van der Waals surface area contributed by atoms with Crippen LogP contribution in [0.15, 0.2) is 95.0 Å². The molecule has 1 aromatic heterocycles. The van der Waals surface area contributed by atoms with Gasteiger partial charge < -0.3 is 14.4 Å². The topological polar surface area (TPSA) is 86.0 Å². The number of para-hydroxylation sites is 1. The molecule has 2 aliphatic heterocycles. The second-order valence-corrected chi connectivity index (χ2v) is 11.5. The van der Waals surface area contributed by atoms with E-state index in [-0.39, 0.29) is 23.6 Å². The zero-order valence-corrected chi connectivity index (χ0v) is 25.0. The van der Waals surface area contributed by atoms with Crippen molar-refractivity contribution in [1.82, 2.24) is 14.7 Å². The van der Waals surface area contributed by atoms with Gasteiger partial charge in [-0.15, -0.1) is 0 Å². The maximum absolute atomic E-state index is 13.3. The van der Waals surface area contributed by atoms with Gasteiger partial charge in [0.15, 0.2) is 5.17 Å². The van der Waals surface area contributed by atoms with Crippen LogP contribution in [-0.2, 0) is 20.9 Å². The van der Waals surface area contributed by atoms with Crippen LogP contribution < -0.4 is 4.74 Å². The second-order valence-electron chi connectivity index (χ2n) is 10.5. The highest BCUT2D eigenvalue weighted by Gasteiger charge is 2.32. The Bertz CT molecular complexity index is 1710. The van der Waals surface area contributed by atoms with Crippen molar-refractivity contribution < 1.29 is 23.5 Å². The van der Waals surface area contributed by atoms with Crippen molar-refractivity contribution in [1.29, 1.82) is 0 Å². The normalized spacial score (nSPS) is 16.3. The number of benzene rings is 3. The Morgan fingerprint density at radius 1 is 1.05 bits per heavy atom. The van der Waals surface area contributed by atoms with Gasteiger partial charge in [0.1, 0.15) is 23.9 Å². The number of likely N-dealkylation sites (tertiary alicyclic amines) is 1. The lowest BCUT2D eigenvalue weighted by Crippen LogP contribution is -2.39. The van der Waals surface area contributed by atoms with Crippen LogP contribution in [0.1, 0.15) is 30.9 Å². The van der Waals surface area contributed by atoms with Crippen molar-refractivity contribution in [3.05, 3.63) is 107 Å². The molecule has 4 aromatic rings. The molecule has 1 amide bonds. The smallest absolute Gasteiger partial charge is 0.309 e. The van der Waals surface area contributed by atoms with Crippen molar-refractivity contribution in [3.8, 4) is 22.7 Å². The molecule has 0 aliphatic carbocycles. The summed E-state index contributed by atoms with van der Waals surface area (Å²) in [6.07, 6.45) is 5.07. The molecule has 224 valence electrons. The number of ether oxygens (including phenoxy) is 2. The van der Waals surface area contributed by atoms with Crippen LogP contribution in [0.25, 0.3) is 23.0 Å². The minimum absolute atomic E-state index is 0.120. The third-order valence-corrected chi connectivity index (χ3v) is 8.52. The predicted octanol–water partition coefficient (Wildman–Crippen LogP) is 6.50. The maximum Gasteiger partial charge on any atom is 0.309 e. The van der Waals surface area contributed by atoms with Gasteiger partial charge in [-0.05, 0) is 79.6 Å². The number of carbonyl (C=O) groups is 2. The zero-order valence-electron chi connectivity index (χ0n) is 24.2. The molecule has 10 heteroatoms. The summed E-state index contributed by atoms with van der Waals surface area (Å²) in [7, 11) is 0. The monoisotopic (exact) mass is 610 g/mol. The number of nitrogens with zero attached hydrogens (tertiary/aromatic N) is 4. The van der Waals surface area contributed by atoms with Crippen molar-refractivity contribution in [3.63, 3.8) is 0 Å². The number of halogens is 1. The van der Waals surface area contributed by atoms with E-state index < -0.39 is 0 Å². The van der Waals surface area contributed by atoms with E-state index in [1.807, 2.05) is 73.8 Å². The van der Waals surface area contributed by atoms with Gasteiger partial charge >= 0.3 is 5.97 Å². The van der Waals surface area contributed by atoms with Crippen LogP contribution >= 0.6 is 11.8 Å². The highest BCUT2D eigenvalue weighted by atomic mass is 32.2. The maximum atomic E-state index is 13.3. The SMILES string of the molecule is CCOC(=O)C1CCN(C2=NC(=O)C(=Cc3cn(-c4ccccc4)nc3-c3cccc(OCc4ccc(F)cc4)c3)S2)CC1. The molecule has 0 saturated carbocycles. The minimum Gasteiger partial charge on any atom is -0.489 e. The molecule has 0 N–H and O–H groups in total. The molecule has 0 atom stereocenters. The van der Waals surface area contributed by atoms with E-state index in [4.69, 9.17) is 14.6 Å². The first-order valence-electron chi connectivity index (χ1n) is 14.5. The summed E-state index contributed by atoms with van der Waals surface area (Å²) in [5.41, 5.74) is 4.01. The summed E-state index contributed by atoms with van der Waals surface area (Å²) in [5, 5.41) is 5.55. The van der Waals surface area contributed by atoms with Crippen molar-refractivity contribution >= 4 is 34.9 Å². The van der Waals surface area contributed by atoms with E-state index in [0.29, 0.717) is 60.7 Å². The first-order chi connectivity index (χ1) is 21.5. The third-order valence-electron chi connectivity index (χ3n) is 7.47. The molecule has 1 saturated heterocycles. The molecule has 3 heterocycles. The number of hydrogen-bond acceptors (Lipinski definition) is 7. The number of piperidine rings is 1. The number of rotatable bonds is 8. The summed E-state index contributed by atoms with van der Waals surface area (Å²) >= 11 is 1.34. The second kappa shape index (κ2) is 13.3. The fraction of sp³-hybridized carbons (Fsp3) is 0.235. The van der Waals surface area contributed by atoms with E-state index in [9.17, 15) is 14.0 Å². The molecule has 0 unspecified atom stereocenters. The summed E-state index contributed by atoms with van der Waals surface area (Å²) in [6.45, 7) is 3.75. The highest BCUT2D eigenvalue weighted by molar-refractivity contribution is 8.18. The molecular formula is C34H31FN4O4S. The summed E-state index contributed by atoms with van der Waals surface area (Å²) in [6, 6.07) is 23.6. The highest BCUT2D eigenvalue weighted by Crippen LogP contribution is 2.35. The summed E-state index contributed by atoms with van der Waals surface area (Å²) < 4.78 is 26.3. The van der Waals surface area contributed by atoms with Crippen molar-refractivity contribution in [2.24, 2.45) is 10.9 Å². The fourth-order valence-electron chi connectivity index (χ4n) is 5.15. The average Bonchev–Trinajstić information content (AvgIpc) is 3.65. The molecule has 44 heavy (non-hydrogen) atoms. The summed E-state index contributed by atoms with van der Waals surface area (Å²) in [4.78, 5) is 32.1. The van der Waals surface area contributed by atoms with E-state index in [0.717, 1.165) is 22.4 Å². The fourth-order valence-corrected chi connectivity index (χ4v) is 6.11. The quantitative estimate of drug-likeness (QED) is 0.166. The zero-order chi connectivity index (χ0) is 30.5.